The summed E-state index contributed by atoms with van der Waals surface area (Å²) in [6.45, 7) is 2.75. The molecule has 7 nitrogen and oxygen atoms in total. The van der Waals surface area contributed by atoms with Gasteiger partial charge < -0.3 is 18.9 Å². The Bertz CT molecular complexity index is 1030. The highest BCUT2D eigenvalue weighted by atomic mass is 16.6. The van der Waals surface area contributed by atoms with Crippen molar-refractivity contribution >= 4 is 11.9 Å². The largest absolute Gasteiger partial charge is 0.493 e. The maximum Gasteiger partial charge on any atom is 0.308 e. The zero-order valence-electron chi connectivity index (χ0n) is 17.8. The minimum atomic E-state index is -0.387. The number of esters is 2. The number of methoxy groups -OCH3 is 2. The highest BCUT2D eigenvalue weighted by molar-refractivity contribution is 5.72. The van der Waals surface area contributed by atoms with Crippen LogP contribution in [-0.4, -0.2) is 38.1 Å². The molecular formula is C23H25NO6. The molecule has 0 spiro atoms. The zero-order chi connectivity index (χ0) is 21.6. The Morgan fingerprint density at radius 3 is 1.63 bits per heavy atom. The predicted molar refractivity (Wildman–Crippen MR) is 109 cm³/mol. The standard InChI is InChI=1S/C23H25NO6/c1-12(25)29-22-9-15-7-19-17-11-23(30-13(2)26)20(27-4)8-14(17)6-18(24(19)3)16(15)10-21(22)28-5/h8-11,18-19H,6-7H2,1-5H3. The Hall–Kier alpha value is -3.06. The van der Waals surface area contributed by atoms with E-state index in [0.29, 0.717) is 23.0 Å². The van der Waals surface area contributed by atoms with E-state index in [9.17, 15) is 9.59 Å². The number of fused-ring (bicyclic) bond motifs is 6. The molecule has 2 aliphatic rings. The van der Waals surface area contributed by atoms with Crippen LogP contribution in [0.25, 0.3) is 0 Å². The van der Waals surface area contributed by atoms with Gasteiger partial charge in [0.1, 0.15) is 0 Å². The number of benzene rings is 2. The van der Waals surface area contributed by atoms with Crippen molar-refractivity contribution in [2.24, 2.45) is 0 Å². The van der Waals surface area contributed by atoms with Crippen molar-refractivity contribution < 1.29 is 28.5 Å². The van der Waals surface area contributed by atoms with Gasteiger partial charge >= 0.3 is 11.9 Å². The number of carbonyl (C=O) groups is 2. The van der Waals surface area contributed by atoms with E-state index in [0.717, 1.165) is 29.5 Å². The van der Waals surface area contributed by atoms with Gasteiger partial charge in [-0.2, -0.15) is 0 Å². The fourth-order valence-corrected chi connectivity index (χ4v) is 4.58. The van der Waals surface area contributed by atoms with E-state index in [1.807, 2.05) is 24.3 Å². The Labute approximate surface area is 175 Å². The number of rotatable bonds is 4. The molecule has 0 amide bonds. The summed E-state index contributed by atoms with van der Waals surface area (Å²) in [6.07, 6.45) is 1.52. The first-order chi connectivity index (χ1) is 14.3. The van der Waals surface area contributed by atoms with E-state index in [2.05, 4.69) is 11.9 Å². The predicted octanol–water partition coefficient (Wildman–Crippen LogP) is 3.38. The van der Waals surface area contributed by atoms with Gasteiger partial charge in [0.2, 0.25) is 0 Å². The Morgan fingerprint density at radius 1 is 0.767 bits per heavy atom. The van der Waals surface area contributed by atoms with Crippen molar-refractivity contribution in [2.45, 2.75) is 38.8 Å². The normalized spacial score (nSPS) is 19.4. The monoisotopic (exact) mass is 411 g/mol. The van der Waals surface area contributed by atoms with E-state index in [-0.39, 0.29) is 24.0 Å². The summed E-state index contributed by atoms with van der Waals surface area (Å²) < 4.78 is 21.7. The molecule has 2 aromatic carbocycles. The Balaban J connectivity index is 1.80. The van der Waals surface area contributed by atoms with Crippen LogP contribution in [0, 0.1) is 0 Å². The molecule has 0 saturated heterocycles. The Kier molecular flexibility index (Phi) is 5.15. The molecule has 2 atom stereocenters. The van der Waals surface area contributed by atoms with Crippen LogP contribution in [0.3, 0.4) is 0 Å². The second-order valence-electron chi connectivity index (χ2n) is 7.70. The fraction of sp³-hybridized carbons (Fsp3) is 0.391. The van der Waals surface area contributed by atoms with Gasteiger partial charge in [-0.05, 0) is 66.4 Å². The number of nitrogens with zero attached hydrogens (tertiary/aromatic N) is 1. The summed E-state index contributed by atoms with van der Waals surface area (Å²) in [5.74, 6) is 1.19. The molecule has 0 aliphatic carbocycles. The maximum atomic E-state index is 11.5. The van der Waals surface area contributed by atoms with Crippen molar-refractivity contribution in [3.05, 3.63) is 46.5 Å². The third-order valence-electron chi connectivity index (χ3n) is 5.89. The number of likely N-dealkylation sites (N-methyl/N-ethyl adjacent to an activating group) is 1. The molecule has 4 rings (SSSR count). The van der Waals surface area contributed by atoms with Gasteiger partial charge in [0.05, 0.1) is 14.2 Å². The number of carbonyl (C=O) groups excluding carboxylic acids is 2. The third-order valence-corrected chi connectivity index (χ3v) is 5.89. The number of ether oxygens (including phenoxy) is 4. The lowest BCUT2D eigenvalue weighted by Gasteiger charge is -2.46. The molecule has 158 valence electrons. The van der Waals surface area contributed by atoms with E-state index in [4.69, 9.17) is 18.9 Å². The maximum absolute atomic E-state index is 11.5. The Morgan fingerprint density at radius 2 is 1.17 bits per heavy atom. The quantitative estimate of drug-likeness (QED) is 0.564. The highest BCUT2D eigenvalue weighted by Gasteiger charge is 2.39. The van der Waals surface area contributed by atoms with Crippen LogP contribution in [0.2, 0.25) is 0 Å². The smallest absolute Gasteiger partial charge is 0.308 e. The minimum Gasteiger partial charge on any atom is -0.493 e. The van der Waals surface area contributed by atoms with Crippen molar-refractivity contribution in [3.8, 4) is 23.0 Å². The van der Waals surface area contributed by atoms with Crippen LogP contribution in [-0.2, 0) is 22.4 Å². The number of hydrogen-bond acceptors (Lipinski definition) is 7. The summed E-state index contributed by atoms with van der Waals surface area (Å²) in [6, 6.07) is 8.01. The van der Waals surface area contributed by atoms with E-state index in [1.54, 1.807) is 14.2 Å². The second-order valence-corrected chi connectivity index (χ2v) is 7.70. The first kappa shape index (κ1) is 20.2. The minimum absolute atomic E-state index is 0.102. The molecule has 0 saturated carbocycles. The second kappa shape index (κ2) is 7.65. The third kappa shape index (κ3) is 3.39. The van der Waals surface area contributed by atoms with E-state index < -0.39 is 0 Å². The van der Waals surface area contributed by atoms with Crippen LogP contribution >= 0.6 is 0 Å². The molecule has 2 heterocycles. The molecule has 7 heteroatoms. The summed E-state index contributed by atoms with van der Waals surface area (Å²) >= 11 is 0. The molecule has 0 radical (unpaired) electrons. The molecule has 2 aliphatic heterocycles. The average Bonchev–Trinajstić information content (AvgIpc) is 2.68. The summed E-state index contributed by atoms with van der Waals surface area (Å²) in [5.41, 5.74) is 4.57. The van der Waals surface area contributed by atoms with Crippen molar-refractivity contribution in [3.63, 3.8) is 0 Å². The van der Waals surface area contributed by atoms with Crippen LogP contribution in [0.4, 0.5) is 0 Å². The fourth-order valence-electron chi connectivity index (χ4n) is 4.58. The zero-order valence-corrected chi connectivity index (χ0v) is 17.8. The van der Waals surface area contributed by atoms with Crippen molar-refractivity contribution in [2.75, 3.05) is 21.3 Å². The van der Waals surface area contributed by atoms with Gasteiger partial charge in [-0.1, -0.05) is 0 Å². The lowest BCUT2D eigenvalue weighted by atomic mass is 9.76. The van der Waals surface area contributed by atoms with Gasteiger partial charge in [0, 0.05) is 25.9 Å². The van der Waals surface area contributed by atoms with Crippen molar-refractivity contribution in [1.82, 2.24) is 4.90 Å². The first-order valence-corrected chi connectivity index (χ1v) is 9.82. The van der Waals surface area contributed by atoms with Crippen LogP contribution in [0.1, 0.15) is 48.2 Å². The summed E-state index contributed by atoms with van der Waals surface area (Å²) in [7, 11) is 5.24. The molecule has 0 aromatic heterocycles. The molecule has 2 aromatic rings. The van der Waals surface area contributed by atoms with Crippen LogP contribution in [0.5, 0.6) is 23.0 Å². The lowest BCUT2D eigenvalue weighted by Crippen LogP contribution is -2.40. The average molecular weight is 411 g/mol. The van der Waals surface area contributed by atoms with E-state index in [1.165, 1.54) is 19.4 Å². The summed E-state index contributed by atoms with van der Waals surface area (Å²) in [4.78, 5) is 25.4. The molecule has 0 fully saturated rings. The highest BCUT2D eigenvalue weighted by Crippen LogP contribution is 2.50. The van der Waals surface area contributed by atoms with Crippen LogP contribution in [0.15, 0.2) is 24.3 Å². The van der Waals surface area contributed by atoms with Crippen molar-refractivity contribution in [1.29, 1.82) is 0 Å². The lowest BCUT2D eigenvalue weighted by molar-refractivity contribution is -0.133. The van der Waals surface area contributed by atoms with Gasteiger partial charge in [0.15, 0.2) is 23.0 Å². The van der Waals surface area contributed by atoms with E-state index >= 15 is 0 Å². The molecule has 0 N–H and O–H groups in total. The molecule has 2 unspecified atom stereocenters. The van der Waals surface area contributed by atoms with Gasteiger partial charge in [0.25, 0.3) is 0 Å². The topological polar surface area (TPSA) is 74.3 Å². The molecule has 30 heavy (non-hydrogen) atoms. The molecular weight excluding hydrogens is 386 g/mol. The van der Waals surface area contributed by atoms with Gasteiger partial charge in [-0.3, -0.25) is 14.5 Å². The summed E-state index contributed by atoms with van der Waals surface area (Å²) in [5, 5.41) is 0. The van der Waals surface area contributed by atoms with Crippen LogP contribution < -0.4 is 18.9 Å². The SMILES string of the molecule is COc1cc2c(cc1OC(C)=O)CC1c3cc(OC(C)=O)c(OC)cc3CC2N1C. The van der Waals surface area contributed by atoms with Gasteiger partial charge in [-0.25, -0.2) is 0 Å². The molecule has 2 bridgehead atoms. The van der Waals surface area contributed by atoms with Gasteiger partial charge in [-0.15, -0.1) is 0 Å². The first-order valence-electron chi connectivity index (χ1n) is 9.82. The number of hydrogen-bond donors (Lipinski definition) is 0.